The number of hydrogen-bond acceptors (Lipinski definition) is 4. The lowest BCUT2D eigenvalue weighted by Gasteiger charge is -2.31. The second-order valence-corrected chi connectivity index (χ2v) is 7.96. The minimum Gasteiger partial charge on any atom is -0.388 e. The topological polar surface area (TPSA) is 86.0 Å². The highest BCUT2D eigenvalue weighted by atomic mass is 16.2. The molecule has 4 rings (SSSR count). The molecule has 1 aliphatic heterocycles. The largest absolute Gasteiger partial charge is 0.388 e. The van der Waals surface area contributed by atoms with Gasteiger partial charge in [0, 0.05) is 62.2 Å². The van der Waals surface area contributed by atoms with Crippen LogP contribution < -0.4 is 10.6 Å². The lowest BCUT2D eigenvalue weighted by atomic mass is 10.0. The zero-order chi connectivity index (χ0) is 20.4. The third-order valence-corrected chi connectivity index (χ3v) is 5.56. The molecule has 0 saturated heterocycles. The molecule has 1 fully saturated rings. The number of carbonyl (C=O) groups is 1. The van der Waals surface area contributed by atoms with E-state index in [4.69, 9.17) is 5.41 Å². The Hall–Kier alpha value is -3.09. The molecule has 3 N–H and O–H groups in total. The van der Waals surface area contributed by atoms with Crippen LogP contribution in [0.2, 0.25) is 0 Å². The smallest absolute Gasteiger partial charge is 0.219 e. The molecular formula is C22H28N6O. The van der Waals surface area contributed by atoms with Gasteiger partial charge in [0.15, 0.2) is 0 Å². The summed E-state index contributed by atoms with van der Waals surface area (Å²) in [6.45, 7) is 3.73. The number of benzene rings is 1. The number of amides is 1. The van der Waals surface area contributed by atoms with Crippen molar-refractivity contribution in [2.45, 2.75) is 26.2 Å². The van der Waals surface area contributed by atoms with Crippen LogP contribution in [-0.2, 0) is 11.8 Å². The number of hydrogen-bond donors (Lipinski definition) is 3. The van der Waals surface area contributed by atoms with Crippen LogP contribution in [-0.4, -0.2) is 46.1 Å². The first-order valence-corrected chi connectivity index (χ1v) is 10.2. The average molecular weight is 393 g/mol. The summed E-state index contributed by atoms with van der Waals surface area (Å²) in [5, 5.41) is 19.7. The van der Waals surface area contributed by atoms with Crippen LogP contribution in [0.3, 0.4) is 0 Å². The van der Waals surface area contributed by atoms with Crippen molar-refractivity contribution in [3.05, 3.63) is 47.9 Å². The first-order chi connectivity index (χ1) is 14.0. The summed E-state index contributed by atoms with van der Waals surface area (Å²) in [5.41, 5.74) is 4.90. The molecule has 7 nitrogen and oxygen atoms in total. The lowest BCUT2D eigenvalue weighted by molar-refractivity contribution is -0.128. The van der Waals surface area contributed by atoms with Crippen LogP contribution in [0, 0.1) is 11.3 Å². The van der Waals surface area contributed by atoms with E-state index in [-0.39, 0.29) is 5.91 Å². The number of anilines is 1. The Bertz CT molecular complexity index is 956. The van der Waals surface area contributed by atoms with Gasteiger partial charge in [-0.15, -0.1) is 0 Å². The zero-order valence-corrected chi connectivity index (χ0v) is 17.0. The Morgan fingerprint density at radius 3 is 2.83 bits per heavy atom. The van der Waals surface area contributed by atoms with Gasteiger partial charge in [0.2, 0.25) is 5.91 Å². The minimum absolute atomic E-state index is 0.0510. The second-order valence-electron chi connectivity index (χ2n) is 7.96. The van der Waals surface area contributed by atoms with Crippen molar-refractivity contribution >= 4 is 17.4 Å². The molecule has 0 radical (unpaired) electrons. The number of nitrogens with zero attached hydrogens (tertiary/aromatic N) is 3. The summed E-state index contributed by atoms with van der Waals surface area (Å²) >= 11 is 0. The number of nitrogens with one attached hydrogen (secondary N) is 3. The number of aryl methyl sites for hydroxylation is 1. The fourth-order valence-corrected chi connectivity index (χ4v) is 3.61. The maximum Gasteiger partial charge on any atom is 0.219 e. The predicted molar refractivity (Wildman–Crippen MR) is 115 cm³/mol. The quantitative estimate of drug-likeness (QED) is 0.521. The van der Waals surface area contributed by atoms with Gasteiger partial charge in [-0.3, -0.25) is 14.9 Å². The van der Waals surface area contributed by atoms with Crippen LogP contribution in [0.25, 0.3) is 11.1 Å². The van der Waals surface area contributed by atoms with E-state index in [1.54, 1.807) is 16.5 Å². The Kier molecular flexibility index (Phi) is 5.38. The van der Waals surface area contributed by atoms with Crippen molar-refractivity contribution in [2.75, 3.05) is 25.0 Å². The summed E-state index contributed by atoms with van der Waals surface area (Å²) in [6.07, 6.45) is 7.14. The van der Waals surface area contributed by atoms with E-state index < -0.39 is 0 Å². The van der Waals surface area contributed by atoms with Gasteiger partial charge in [-0.2, -0.15) is 5.10 Å². The van der Waals surface area contributed by atoms with E-state index in [2.05, 4.69) is 15.7 Å². The summed E-state index contributed by atoms with van der Waals surface area (Å²) in [7, 11) is 1.90. The maximum absolute atomic E-state index is 11.9. The van der Waals surface area contributed by atoms with Crippen molar-refractivity contribution in [3.63, 3.8) is 0 Å². The number of amidine groups is 1. The van der Waals surface area contributed by atoms with Gasteiger partial charge < -0.3 is 15.5 Å². The van der Waals surface area contributed by atoms with Crippen LogP contribution in [0.5, 0.6) is 0 Å². The third-order valence-electron chi connectivity index (χ3n) is 5.56. The van der Waals surface area contributed by atoms with Crippen molar-refractivity contribution in [1.82, 2.24) is 20.0 Å². The summed E-state index contributed by atoms with van der Waals surface area (Å²) < 4.78 is 1.78. The molecule has 0 unspecified atom stereocenters. The van der Waals surface area contributed by atoms with Gasteiger partial charge >= 0.3 is 0 Å². The second kappa shape index (κ2) is 8.11. The van der Waals surface area contributed by atoms with Gasteiger partial charge in [0.05, 0.1) is 12.7 Å². The average Bonchev–Trinajstić information content (AvgIpc) is 3.44. The Balaban J connectivity index is 1.53. The lowest BCUT2D eigenvalue weighted by Crippen LogP contribution is -2.41. The Labute approximate surface area is 171 Å². The van der Waals surface area contributed by atoms with Crippen molar-refractivity contribution in [2.24, 2.45) is 13.0 Å². The van der Waals surface area contributed by atoms with Crippen molar-refractivity contribution in [3.8, 4) is 11.1 Å². The molecule has 1 aromatic carbocycles. The number of rotatable bonds is 6. The molecular weight excluding hydrogens is 364 g/mol. The third kappa shape index (κ3) is 4.67. The normalized spacial score (nSPS) is 16.7. The monoisotopic (exact) mass is 392 g/mol. The molecule has 152 valence electrons. The van der Waals surface area contributed by atoms with E-state index in [1.807, 2.05) is 43.7 Å². The molecule has 7 heteroatoms. The van der Waals surface area contributed by atoms with Crippen LogP contribution in [0.4, 0.5) is 5.69 Å². The van der Waals surface area contributed by atoms with E-state index >= 15 is 0 Å². The van der Waals surface area contributed by atoms with Crippen LogP contribution >= 0.6 is 0 Å². The minimum atomic E-state index is 0.0510. The highest BCUT2D eigenvalue weighted by Crippen LogP contribution is 2.29. The highest BCUT2D eigenvalue weighted by Gasteiger charge is 2.26. The molecule has 2 heterocycles. The fourth-order valence-electron chi connectivity index (χ4n) is 3.61. The first kappa shape index (κ1) is 19.2. The maximum atomic E-state index is 11.9. The Morgan fingerprint density at radius 1 is 1.31 bits per heavy atom. The Morgan fingerprint density at radius 2 is 2.14 bits per heavy atom. The van der Waals surface area contributed by atoms with Gasteiger partial charge in [0.25, 0.3) is 0 Å². The zero-order valence-electron chi connectivity index (χ0n) is 17.0. The first-order valence-electron chi connectivity index (χ1n) is 10.2. The summed E-state index contributed by atoms with van der Waals surface area (Å²) in [4.78, 5) is 13.7. The molecule has 2 aliphatic rings. The van der Waals surface area contributed by atoms with E-state index in [9.17, 15) is 4.79 Å². The van der Waals surface area contributed by atoms with Crippen molar-refractivity contribution in [1.29, 1.82) is 5.41 Å². The van der Waals surface area contributed by atoms with Gasteiger partial charge in [-0.25, -0.2) is 0 Å². The highest BCUT2D eigenvalue weighted by molar-refractivity contribution is 6.07. The molecule has 2 aromatic rings. The number of aromatic nitrogens is 2. The van der Waals surface area contributed by atoms with E-state index in [1.165, 1.54) is 12.8 Å². The summed E-state index contributed by atoms with van der Waals surface area (Å²) in [6, 6.07) is 7.99. The standard InChI is InChI=1S/C22H28N6O/c1-15(29)28-9-8-21(24-11-16-6-7-16)20(14-28)22(23)26-19-5-3-4-17(10-19)18-12-25-27(2)13-18/h3-5,10,12-13,16,24H,6-9,11,14H2,1-2H3,(H2,23,26). The van der Waals surface area contributed by atoms with Gasteiger partial charge in [-0.1, -0.05) is 12.1 Å². The molecule has 0 spiro atoms. The number of carbonyl (C=O) groups excluding carboxylic acids is 1. The molecule has 1 saturated carbocycles. The van der Waals surface area contributed by atoms with E-state index in [0.29, 0.717) is 18.9 Å². The van der Waals surface area contributed by atoms with Gasteiger partial charge in [-0.05, 0) is 36.5 Å². The fraction of sp³-hybridized carbons (Fsp3) is 0.409. The molecule has 1 aromatic heterocycles. The molecule has 29 heavy (non-hydrogen) atoms. The SMILES string of the molecule is CC(=O)N1CCC(NCC2CC2)=C(C(=N)Nc2cccc(-c3cnn(C)c3)c2)C1. The van der Waals surface area contributed by atoms with E-state index in [0.717, 1.165) is 47.0 Å². The van der Waals surface area contributed by atoms with Crippen molar-refractivity contribution < 1.29 is 4.79 Å². The van der Waals surface area contributed by atoms with Crippen LogP contribution in [0.15, 0.2) is 47.9 Å². The summed E-state index contributed by atoms with van der Waals surface area (Å²) in [5.74, 6) is 1.15. The van der Waals surface area contributed by atoms with Gasteiger partial charge in [0.1, 0.15) is 5.84 Å². The molecule has 1 aliphatic carbocycles. The van der Waals surface area contributed by atoms with Crippen LogP contribution in [0.1, 0.15) is 26.2 Å². The molecule has 1 amide bonds. The molecule has 0 bridgehead atoms. The predicted octanol–water partition coefficient (Wildman–Crippen LogP) is 2.98. The molecule has 0 atom stereocenters.